The zero-order valence-electron chi connectivity index (χ0n) is 12.3. The smallest absolute Gasteiger partial charge is 0.207 e. The Kier molecular flexibility index (Phi) is 4.71. The van der Waals surface area contributed by atoms with Crippen LogP contribution >= 0.6 is 0 Å². The van der Waals surface area contributed by atoms with Gasteiger partial charge in [-0.1, -0.05) is 24.2 Å². The van der Waals surface area contributed by atoms with Crippen molar-refractivity contribution in [2.24, 2.45) is 5.11 Å². The molecule has 0 spiro atoms. The quantitative estimate of drug-likeness (QED) is 0.485. The first-order valence-corrected chi connectivity index (χ1v) is 8.42. The predicted molar refractivity (Wildman–Crippen MR) is 81.3 cm³/mol. The molecule has 0 aromatic heterocycles. The molecule has 1 aliphatic heterocycles. The van der Waals surface area contributed by atoms with E-state index in [0.29, 0.717) is 25.8 Å². The van der Waals surface area contributed by atoms with E-state index in [-0.39, 0.29) is 17.0 Å². The van der Waals surface area contributed by atoms with E-state index in [0.717, 1.165) is 0 Å². The van der Waals surface area contributed by atoms with Gasteiger partial charge in [-0.15, -0.1) is 0 Å². The monoisotopic (exact) mass is 319 g/mol. The van der Waals surface area contributed by atoms with Gasteiger partial charge in [-0.25, -0.2) is 8.42 Å². The molecule has 1 heterocycles. The average molecular weight is 319 g/mol. The second kappa shape index (κ2) is 6.36. The molecule has 116 valence electrons. The molecule has 1 aliphatic rings. The first-order valence-electron chi connectivity index (χ1n) is 6.98. The van der Waals surface area contributed by atoms with Crippen molar-refractivity contribution in [1.29, 1.82) is 5.26 Å². The zero-order chi connectivity index (χ0) is 16.2. The molecule has 1 saturated heterocycles. The number of benzene rings is 1. The van der Waals surface area contributed by atoms with Gasteiger partial charge in [0.1, 0.15) is 6.07 Å². The molecule has 2 rings (SSSR count). The predicted octanol–water partition coefficient (Wildman–Crippen LogP) is 2.80. The fraction of sp³-hybridized carbons (Fsp3) is 0.500. The molecule has 0 aliphatic carbocycles. The minimum Gasteiger partial charge on any atom is -0.207 e. The Morgan fingerprint density at radius 3 is 2.77 bits per heavy atom. The van der Waals surface area contributed by atoms with E-state index in [1.807, 2.05) is 13.0 Å². The molecule has 0 radical (unpaired) electrons. The first kappa shape index (κ1) is 16.3. The number of hydrogen-bond acceptors (Lipinski definition) is 4. The van der Waals surface area contributed by atoms with E-state index in [1.54, 1.807) is 12.1 Å². The molecule has 22 heavy (non-hydrogen) atoms. The van der Waals surface area contributed by atoms with E-state index in [4.69, 9.17) is 10.8 Å². The van der Waals surface area contributed by atoms with Crippen LogP contribution in [0.25, 0.3) is 10.4 Å². The van der Waals surface area contributed by atoms with Crippen molar-refractivity contribution in [2.75, 3.05) is 13.1 Å². The second-order valence-electron chi connectivity index (χ2n) is 5.55. The third-order valence-corrected chi connectivity index (χ3v) is 5.89. The lowest BCUT2D eigenvalue weighted by molar-refractivity contribution is 0.391. The van der Waals surface area contributed by atoms with E-state index in [2.05, 4.69) is 10.0 Å². The van der Waals surface area contributed by atoms with Crippen LogP contribution in [-0.4, -0.2) is 31.4 Å². The molecule has 0 N–H and O–H groups in total. The Morgan fingerprint density at radius 1 is 1.36 bits per heavy atom. The summed E-state index contributed by atoms with van der Waals surface area (Å²) in [4.78, 5) is 2.89. The Labute approximate surface area is 129 Å². The topological polar surface area (TPSA) is 110 Å². The van der Waals surface area contributed by atoms with Crippen molar-refractivity contribution < 1.29 is 8.42 Å². The van der Waals surface area contributed by atoms with Crippen molar-refractivity contribution in [3.05, 3.63) is 40.3 Å². The maximum Gasteiger partial charge on any atom is 0.244 e. The van der Waals surface area contributed by atoms with Crippen LogP contribution in [0.15, 0.2) is 34.3 Å². The SMILES string of the molecule is CC1(N=[N+]=[N-])CCCN(S(=O)(=O)c2ccccc2C#N)CC1. The Morgan fingerprint density at radius 2 is 2.09 bits per heavy atom. The highest BCUT2D eigenvalue weighted by atomic mass is 32.2. The highest BCUT2D eigenvalue weighted by Crippen LogP contribution is 2.29. The lowest BCUT2D eigenvalue weighted by atomic mass is 9.94. The zero-order valence-corrected chi connectivity index (χ0v) is 13.1. The van der Waals surface area contributed by atoms with E-state index in [1.165, 1.54) is 16.4 Å². The summed E-state index contributed by atoms with van der Waals surface area (Å²) in [5, 5.41) is 12.9. The molecule has 0 saturated carbocycles. The number of sulfonamides is 1. The van der Waals surface area contributed by atoms with Crippen LogP contribution in [0.5, 0.6) is 0 Å². The highest BCUT2D eigenvalue weighted by molar-refractivity contribution is 7.89. The van der Waals surface area contributed by atoms with Crippen LogP contribution in [0, 0.1) is 11.3 Å². The van der Waals surface area contributed by atoms with Gasteiger partial charge in [0.05, 0.1) is 10.5 Å². The number of nitriles is 1. The van der Waals surface area contributed by atoms with E-state index >= 15 is 0 Å². The molecular formula is C14H17N5O2S. The van der Waals surface area contributed by atoms with Gasteiger partial charge in [-0.3, -0.25) is 0 Å². The van der Waals surface area contributed by atoms with Gasteiger partial charge in [-0.05, 0) is 36.9 Å². The molecule has 1 aromatic rings. The summed E-state index contributed by atoms with van der Waals surface area (Å²) in [6.45, 7) is 2.47. The van der Waals surface area contributed by atoms with Gasteiger partial charge < -0.3 is 0 Å². The highest BCUT2D eigenvalue weighted by Gasteiger charge is 2.33. The molecule has 1 unspecified atom stereocenters. The molecule has 8 heteroatoms. The minimum atomic E-state index is -3.72. The first-order chi connectivity index (χ1) is 10.4. The van der Waals surface area contributed by atoms with Crippen molar-refractivity contribution in [2.45, 2.75) is 36.6 Å². The molecule has 1 aromatic carbocycles. The lowest BCUT2D eigenvalue weighted by Gasteiger charge is -2.23. The number of nitrogens with zero attached hydrogens (tertiary/aromatic N) is 5. The van der Waals surface area contributed by atoms with Crippen LogP contribution in [0.1, 0.15) is 31.7 Å². The third-order valence-electron chi connectivity index (χ3n) is 3.93. The molecule has 7 nitrogen and oxygen atoms in total. The van der Waals surface area contributed by atoms with Crippen molar-refractivity contribution >= 4 is 10.0 Å². The fourth-order valence-corrected chi connectivity index (χ4v) is 4.23. The van der Waals surface area contributed by atoms with Crippen molar-refractivity contribution in [3.8, 4) is 6.07 Å². The summed E-state index contributed by atoms with van der Waals surface area (Å²) in [5.74, 6) is 0. The Balaban J connectivity index is 2.31. The molecular weight excluding hydrogens is 302 g/mol. The molecule has 0 bridgehead atoms. The van der Waals surface area contributed by atoms with E-state index in [9.17, 15) is 8.42 Å². The van der Waals surface area contributed by atoms with Gasteiger partial charge in [0.25, 0.3) is 0 Å². The Bertz CT molecular complexity index is 749. The maximum atomic E-state index is 12.8. The summed E-state index contributed by atoms with van der Waals surface area (Å²) in [7, 11) is -3.72. The lowest BCUT2D eigenvalue weighted by Crippen LogP contribution is -2.33. The summed E-state index contributed by atoms with van der Waals surface area (Å²) in [6.07, 6.45) is 1.72. The third kappa shape index (κ3) is 3.22. The van der Waals surface area contributed by atoms with Crippen molar-refractivity contribution in [1.82, 2.24) is 4.31 Å². The summed E-state index contributed by atoms with van der Waals surface area (Å²) in [5.41, 5.74) is 8.22. The van der Waals surface area contributed by atoms with Crippen LogP contribution in [0.2, 0.25) is 0 Å². The van der Waals surface area contributed by atoms with Crippen LogP contribution in [-0.2, 0) is 10.0 Å². The number of hydrogen-bond donors (Lipinski definition) is 0. The minimum absolute atomic E-state index is 0.0323. The van der Waals surface area contributed by atoms with Crippen molar-refractivity contribution in [3.63, 3.8) is 0 Å². The number of rotatable bonds is 3. The van der Waals surface area contributed by atoms with Gasteiger partial charge >= 0.3 is 0 Å². The summed E-state index contributed by atoms with van der Waals surface area (Å²) in [6, 6.07) is 8.11. The van der Waals surface area contributed by atoms with Gasteiger partial charge in [-0.2, -0.15) is 9.57 Å². The van der Waals surface area contributed by atoms with E-state index < -0.39 is 15.6 Å². The average Bonchev–Trinajstić information content (AvgIpc) is 2.70. The normalized spacial score (nSPS) is 23.1. The largest absolute Gasteiger partial charge is 0.244 e. The summed E-state index contributed by atoms with van der Waals surface area (Å²) < 4.78 is 26.9. The summed E-state index contributed by atoms with van der Waals surface area (Å²) >= 11 is 0. The van der Waals surface area contributed by atoms with Gasteiger partial charge in [0, 0.05) is 23.5 Å². The number of azide groups is 1. The van der Waals surface area contributed by atoms with Crippen LogP contribution in [0.3, 0.4) is 0 Å². The van der Waals surface area contributed by atoms with Gasteiger partial charge in [0.2, 0.25) is 10.0 Å². The van der Waals surface area contributed by atoms with Crippen LogP contribution < -0.4 is 0 Å². The maximum absolute atomic E-state index is 12.8. The second-order valence-corrected chi connectivity index (χ2v) is 7.46. The molecule has 0 amide bonds. The molecule has 1 atom stereocenters. The van der Waals surface area contributed by atoms with Crippen LogP contribution in [0.4, 0.5) is 0 Å². The fourth-order valence-electron chi connectivity index (χ4n) is 2.61. The standard InChI is InChI=1S/C14H17N5O2S/c1-14(17-18-16)7-4-9-19(10-8-14)22(20,21)13-6-3-2-5-12(13)11-15/h2-3,5-6H,4,7-10H2,1H3. The Hall–Kier alpha value is -2.07. The molecule has 1 fully saturated rings. The van der Waals surface area contributed by atoms with Gasteiger partial charge in [0.15, 0.2) is 0 Å².